The third-order valence-corrected chi connectivity index (χ3v) is 3.84. The number of fused-ring (bicyclic) bond motifs is 1. The van der Waals surface area contributed by atoms with Gasteiger partial charge >= 0.3 is 0 Å². The lowest BCUT2D eigenvalue weighted by atomic mass is 9.89. The average molecular weight is 232 g/mol. The number of nitrogens with one attached hydrogen (secondary N) is 2. The Morgan fingerprint density at radius 1 is 1.24 bits per heavy atom. The molecule has 0 unspecified atom stereocenters. The highest BCUT2D eigenvalue weighted by atomic mass is 15.1. The van der Waals surface area contributed by atoms with Crippen LogP contribution in [0.1, 0.15) is 43.4 Å². The molecule has 0 aromatic carbocycles. The molecule has 1 saturated carbocycles. The molecule has 0 bridgehead atoms. The van der Waals surface area contributed by atoms with E-state index in [0.717, 1.165) is 37.2 Å². The van der Waals surface area contributed by atoms with Gasteiger partial charge < -0.3 is 10.6 Å². The molecule has 2 aliphatic rings. The number of hydrogen-bond donors (Lipinski definition) is 2. The molecule has 1 aromatic rings. The van der Waals surface area contributed by atoms with Crippen LogP contribution in [0.15, 0.2) is 6.20 Å². The van der Waals surface area contributed by atoms with Crippen LogP contribution >= 0.6 is 0 Å². The standard InChI is InChI=1S/C13H20N4/c1-2-4-10(5-3-1)6-15-13-16-8-11-7-14-9-12(11)17-13/h8,10,14H,1-7,9H2,(H,15,16,17). The maximum Gasteiger partial charge on any atom is 0.222 e. The highest BCUT2D eigenvalue weighted by molar-refractivity contribution is 5.31. The van der Waals surface area contributed by atoms with Gasteiger partial charge in [-0.2, -0.15) is 0 Å². The van der Waals surface area contributed by atoms with Crippen LogP contribution in [-0.4, -0.2) is 16.5 Å². The molecule has 0 radical (unpaired) electrons. The summed E-state index contributed by atoms with van der Waals surface area (Å²) in [6.07, 6.45) is 8.87. The minimum absolute atomic E-state index is 0.804. The minimum atomic E-state index is 0.804. The first-order valence-corrected chi connectivity index (χ1v) is 6.71. The van der Waals surface area contributed by atoms with E-state index in [1.807, 2.05) is 6.20 Å². The number of anilines is 1. The van der Waals surface area contributed by atoms with Gasteiger partial charge in [0.15, 0.2) is 0 Å². The van der Waals surface area contributed by atoms with E-state index in [1.165, 1.54) is 37.7 Å². The number of aromatic nitrogens is 2. The Bertz CT molecular complexity index is 385. The molecule has 0 amide bonds. The third kappa shape index (κ3) is 2.57. The Kier molecular flexibility index (Phi) is 3.22. The fourth-order valence-electron chi connectivity index (χ4n) is 2.77. The molecule has 0 spiro atoms. The van der Waals surface area contributed by atoms with Crippen LogP contribution in [0, 0.1) is 5.92 Å². The normalized spacial score (nSPS) is 20.2. The number of hydrogen-bond acceptors (Lipinski definition) is 4. The summed E-state index contributed by atoms with van der Waals surface area (Å²) in [6, 6.07) is 0. The summed E-state index contributed by atoms with van der Waals surface area (Å²) in [4.78, 5) is 8.93. The van der Waals surface area contributed by atoms with Gasteiger partial charge in [0.2, 0.25) is 5.95 Å². The molecule has 0 atom stereocenters. The van der Waals surface area contributed by atoms with E-state index in [4.69, 9.17) is 0 Å². The summed E-state index contributed by atoms with van der Waals surface area (Å²) < 4.78 is 0. The van der Waals surface area contributed by atoms with E-state index in [-0.39, 0.29) is 0 Å². The van der Waals surface area contributed by atoms with Gasteiger partial charge in [-0.15, -0.1) is 0 Å². The van der Waals surface area contributed by atoms with Gasteiger partial charge in [-0.3, -0.25) is 0 Å². The van der Waals surface area contributed by atoms with Crippen LogP contribution in [0.3, 0.4) is 0 Å². The van der Waals surface area contributed by atoms with Crippen LogP contribution in [0.5, 0.6) is 0 Å². The van der Waals surface area contributed by atoms with Crippen LogP contribution in [0.4, 0.5) is 5.95 Å². The van der Waals surface area contributed by atoms with Crippen LogP contribution in [0.2, 0.25) is 0 Å². The molecular weight excluding hydrogens is 212 g/mol. The van der Waals surface area contributed by atoms with Crippen molar-refractivity contribution in [2.45, 2.75) is 45.2 Å². The second kappa shape index (κ2) is 5.00. The fraction of sp³-hybridized carbons (Fsp3) is 0.692. The first-order chi connectivity index (χ1) is 8.42. The van der Waals surface area contributed by atoms with Gasteiger partial charge in [0.1, 0.15) is 0 Å². The van der Waals surface area contributed by atoms with Gasteiger partial charge in [-0.05, 0) is 18.8 Å². The van der Waals surface area contributed by atoms with E-state index in [9.17, 15) is 0 Å². The van der Waals surface area contributed by atoms with Gasteiger partial charge in [-0.25, -0.2) is 9.97 Å². The predicted molar refractivity (Wildman–Crippen MR) is 67.6 cm³/mol. The Labute approximate surface area is 102 Å². The summed E-state index contributed by atoms with van der Waals surface area (Å²) in [5.41, 5.74) is 2.40. The van der Waals surface area contributed by atoms with E-state index in [0.29, 0.717) is 0 Å². The quantitative estimate of drug-likeness (QED) is 0.837. The zero-order valence-corrected chi connectivity index (χ0v) is 10.2. The molecule has 4 nitrogen and oxygen atoms in total. The van der Waals surface area contributed by atoms with Crippen molar-refractivity contribution < 1.29 is 0 Å². The molecule has 92 valence electrons. The molecule has 17 heavy (non-hydrogen) atoms. The molecular formula is C13H20N4. The minimum Gasteiger partial charge on any atom is -0.354 e. The van der Waals surface area contributed by atoms with Crippen LogP contribution in [0.25, 0.3) is 0 Å². The van der Waals surface area contributed by atoms with Crippen molar-refractivity contribution in [2.24, 2.45) is 5.92 Å². The molecule has 1 aliphatic heterocycles. The Morgan fingerprint density at radius 2 is 2.12 bits per heavy atom. The van der Waals surface area contributed by atoms with Gasteiger partial charge in [-0.1, -0.05) is 19.3 Å². The lowest BCUT2D eigenvalue weighted by molar-refractivity contribution is 0.373. The average Bonchev–Trinajstić information content (AvgIpc) is 2.85. The van der Waals surface area contributed by atoms with Crippen molar-refractivity contribution >= 4 is 5.95 Å². The second-order valence-electron chi connectivity index (χ2n) is 5.15. The van der Waals surface area contributed by atoms with E-state index in [1.54, 1.807) is 0 Å². The largest absolute Gasteiger partial charge is 0.354 e. The predicted octanol–water partition coefficient (Wildman–Crippen LogP) is 2.07. The summed E-state index contributed by atoms with van der Waals surface area (Å²) >= 11 is 0. The Morgan fingerprint density at radius 3 is 3.00 bits per heavy atom. The Hall–Kier alpha value is -1.16. The molecule has 1 aliphatic carbocycles. The maximum atomic E-state index is 4.55. The topological polar surface area (TPSA) is 49.8 Å². The third-order valence-electron chi connectivity index (χ3n) is 3.84. The summed E-state index contributed by atoms with van der Waals surface area (Å²) in [6.45, 7) is 2.83. The van der Waals surface area contributed by atoms with Crippen LogP contribution in [-0.2, 0) is 13.1 Å². The molecule has 1 fully saturated rings. The molecule has 0 saturated heterocycles. The summed E-state index contributed by atoms with van der Waals surface area (Å²) in [5.74, 6) is 1.62. The highest BCUT2D eigenvalue weighted by Gasteiger charge is 2.15. The monoisotopic (exact) mass is 232 g/mol. The van der Waals surface area contributed by atoms with Crippen molar-refractivity contribution in [1.82, 2.24) is 15.3 Å². The van der Waals surface area contributed by atoms with E-state index < -0.39 is 0 Å². The summed E-state index contributed by atoms with van der Waals surface area (Å²) in [7, 11) is 0. The first kappa shape index (κ1) is 11.0. The van der Waals surface area contributed by atoms with Crippen molar-refractivity contribution in [3.8, 4) is 0 Å². The lowest BCUT2D eigenvalue weighted by Gasteiger charge is -2.21. The lowest BCUT2D eigenvalue weighted by Crippen LogP contribution is -2.18. The highest BCUT2D eigenvalue weighted by Crippen LogP contribution is 2.23. The molecule has 2 heterocycles. The van der Waals surface area contributed by atoms with Crippen molar-refractivity contribution in [2.75, 3.05) is 11.9 Å². The van der Waals surface area contributed by atoms with Gasteiger partial charge in [0.25, 0.3) is 0 Å². The number of nitrogens with zero attached hydrogens (tertiary/aromatic N) is 2. The molecule has 4 heteroatoms. The van der Waals surface area contributed by atoms with Crippen molar-refractivity contribution in [3.05, 3.63) is 17.5 Å². The first-order valence-electron chi connectivity index (χ1n) is 6.71. The van der Waals surface area contributed by atoms with Crippen molar-refractivity contribution in [1.29, 1.82) is 0 Å². The zero-order chi connectivity index (χ0) is 11.5. The maximum absolute atomic E-state index is 4.55. The van der Waals surface area contributed by atoms with Crippen LogP contribution < -0.4 is 10.6 Å². The van der Waals surface area contributed by atoms with E-state index >= 15 is 0 Å². The SMILES string of the molecule is c1nc(NCC2CCCCC2)nc2c1CNC2. The zero-order valence-electron chi connectivity index (χ0n) is 10.2. The molecule has 2 N–H and O–H groups in total. The fourth-order valence-corrected chi connectivity index (χ4v) is 2.77. The number of rotatable bonds is 3. The van der Waals surface area contributed by atoms with Gasteiger partial charge in [0, 0.05) is 31.4 Å². The Balaban J connectivity index is 1.57. The van der Waals surface area contributed by atoms with Crippen molar-refractivity contribution in [3.63, 3.8) is 0 Å². The second-order valence-corrected chi connectivity index (χ2v) is 5.15. The van der Waals surface area contributed by atoms with E-state index in [2.05, 4.69) is 20.6 Å². The summed E-state index contributed by atoms with van der Waals surface area (Å²) in [5, 5.41) is 6.68. The molecule has 3 rings (SSSR count). The van der Waals surface area contributed by atoms with Gasteiger partial charge in [0.05, 0.1) is 5.69 Å². The molecule has 1 aromatic heterocycles. The smallest absolute Gasteiger partial charge is 0.222 e.